The van der Waals surface area contributed by atoms with E-state index in [-0.39, 0.29) is 0 Å². The molecule has 0 aromatic heterocycles. The summed E-state index contributed by atoms with van der Waals surface area (Å²) in [5.74, 6) is 0.861. The van der Waals surface area contributed by atoms with Gasteiger partial charge in [-0.15, -0.1) is 0 Å². The average molecular weight is 324 g/mol. The Morgan fingerprint density at radius 2 is 1.64 bits per heavy atom. The number of benzene rings is 1. The molecule has 1 heterocycles. The molecule has 0 amide bonds. The minimum Gasteiger partial charge on any atom is -0.314 e. The fourth-order valence-electron chi connectivity index (χ4n) is 2.56. The SMILES string of the molecule is CC.CC.CC(Cc1ccccc1)NCC1CCN(P)CC1. The van der Waals surface area contributed by atoms with Gasteiger partial charge in [-0.3, -0.25) is 4.67 Å². The van der Waals surface area contributed by atoms with E-state index in [0.717, 1.165) is 12.3 Å². The largest absolute Gasteiger partial charge is 0.314 e. The van der Waals surface area contributed by atoms with Crippen molar-refractivity contribution in [1.29, 1.82) is 0 Å². The normalized spacial score (nSPS) is 16.8. The molecule has 1 fully saturated rings. The molecule has 2 rings (SSSR count). The Kier molecular flexibility index (Phi) is 13.9. The van der Waals surface area contributed by atoms with Gasteiger partial charge in [0.2, 0.25) is 0 Å². The van der Waals surface area contributed by atoms with E-state index in [0.29, 0.717) is 6.04 Å². The summed E-state index contributed by atoms with van der Waals surface area (Å²) < 4.78 is 2.35. The maximum absolute atomic E-state index is 3.69. The maximum Gasteiger partial charge on any atom is 0.00792 e. The summed E-state index contributed by atoms with van der Waals surface area (Å²) in [6.07, 6.45) is 3.78. The molecule has 0 spiro atoms. The first-order chi connectivity index (χ1) is 10.7. The van der Waals surface area contributed by atoms with Gasteiger partial charge in [-0.05, 0) is 44.2 Å². The molecular formula is C19H37N2P. The summed E-state index contributed by atoms with van der Waals surface area (Å²) >= 11 is 0. The van der Waals surface area contributed by atoms with Crippen molar-refractivity contribution in [1.82, 2.24) is 9.99 Å². The molecule has 1 N–H and O–H groups in total. The van der Waals surface area contributed by atoms with Crippen molar-refractivity contribution in [3.05, 3.63) is 35.9 Å². The van der Waals surface area contributed by atoms with E-state index < -0.39 is 0 Å². The smallest absolute Gasteiger partial charge is 0.00792 e. The van der Waals surface area contributed by atoms with Crippen LogP contribution in [0.3, 0.4) is 0 Å². The Bertz CT molecular complexity index is 335. The first-order valence-electron chi connectivity index (χ1n) is 9.01. The Morgan fingerprint density at radius 1 is 1.09 bits per heavy atom. The van der Waals surface area contributed by atoms with Gasteiger partial charge in [0.25, 0.3) is 0 Å². The lowest BCUT2D eigenvalue weighted by Gasteiger charge is -2.29. The van der Waals surface area contributed by atoms with Crippen molar-refractivity contribution < 1.29 is 0 Å². The topological polar surface area (TPSA) is 15.3 Å². The zero-order chi connectivity index (χ0) is 16.8. The molecule has 3 heteroatoms. The molecule has 1 aliphatic heterocycles. The van der Waals surface area contributed by atoms with Crippen LogP contribution in [0.4, 0.5) is 0 Å². The molecule has 1 aromatic carbocycles. The van der Waals surface area contributed by atoms with E-state index in [9.17, 15) is 0 Å². The lowest BCUT2D eigenvalue weighted by atomic mass is 9.97. The molecule has 2 atom stereocenters. The second-order valence-electron chi connectivity index (χ2n) is 5.48. The summed E-state index contributed by atoms with van der Waals surface area (Å²) in [6, 6.07) is 11.3. The van der Waals surface area contributed by atoms with E-state index in [1.54, 1.807) is 0 Å². The molecule has 0 saturated carbocycles. The van der Waals surface area contributed by atoms with Gasteiger partial charge in [0.15, 0.2) is 0 Å². The monoisotopic (exact) mass is 324 g/mol. The lowest BCUT2D eigenvalue weighted by Crippen LogP contribution is -2.36. The van der Waals surface area contributed by atoms with Gasteiger partial charge >= 0.3 is 0 Å². The van der Waals surface area contributed by atoms with Crippen LogP contribution in [0.2, 0.25) is 0 Å². The van der Waals surface area contributed by atoms with Gasteiger partial charge in [0, 0.05) is 19.1 Å². The lowest BCUT2D eigenvalue weighted by molar-refractivity contribution is 0.276. The van der Waals surface area contributed by atoms with Crippen LogP contribution in [0, 0.1) is 5.92 Å². The van der Waals surface area contributed by atoms with Gasteiger partial charge in [-0.25, -0.2) is 0 Å². The molecule has 22 heavy (non-hydrogen) atoms. The van der Waals surface area contributed by atoms with Gasteiger partial charge in [-0.1, -0.05) is 67.4 Å². The molecule has 0 bridgehead atoms. The molecule has 1 aliphatic rings. The number of nitrogens with zero attached hydrogens (tertiary/aromatic N) is 1. The molecule has 2 unspecified atom stereocenters. The van der Waals surface area contributed by atoms with Gasteiger partial charge < -0.3 is 5.32 Å². The summed E-state index contributed by atoms with van der Waals surface area (Å²) in [6.45, 7) is 13.9. The Labute approximate surface area is 141 Å². The number of nitrogens with one attached hydrogen (secondary N) is 1. The van der Waals surface area contributed by atoms with Crippen molar-refractivity contribution in [2.45, 2.75) is 59.9 Å². The van der Waals surface area contributed by atoms with Gasteiger partial charge in [-0.2, -0.15) is 0 Å². The summed E-state index contributed by atoms with van der Waals surface area (Å²) in [7, 11) is 2.81. The Hall–Kier alpha value is -0.430. The minimum atomic E-state index is 0.571. The number of rotatable bonds is 5. The Morgan fingerprint density at radius 3 is 2.18 bits per heavy atom. The zero-order valence-corrected chi connectivity index (χ0v) is 16.5. The number of hydrogen-bond acceptors (Lipinski definition) is 2. The van der Waals surface area contributed by atoms with Gasteiger partial charge in [0.05, 0.1) is 0 Å². The first kappa shape index (κ1) is 21.6. The standard InChI is InChI=1S/C15H25N2P.2C2H6/c1-13(11-14-5-3-2-4-6-14)16-12-15-7-9-17(18)10-8-15;2*1-2/h2-6,13,15-16H,7-12,18H2,1H3;2*1-2H3. The van der Waals surface area contributed by atoms with Crippen LogP contribution in [-0.4, -0.2) is 30.3 Å². The van der Waals surface area contributed by atoms with E-state index in [2.05, 4.69) is 56.6 Å². The predicted octanol–water partition coefficient (Wildman–Crippen LogP) is 4.76. The molecule has 1 saturated heterocycles. The van der Waals surface area contributed by atoms with Crippen LogP contribution < -0.4 is 5.32 Å². The zero-order valence-electron chi connectivity index (χ0n) is 15.3. The molecular weight excluding hydrogens is 287 g/mol. The third-order valence-corrected chi connectivity index (χ3v) is 4.31. The second kappa shape index (κ2) is 14.2. The fourth-order valence-corrected chi connectivity index (χ4v) is 2.86. The third-order valence-electron chi connectivity index (χ3n) is 3.79. The highest BCUT2D eigenvalue weighted by Gasteiger charge is 2.17. The van der Waals surface area contributed by atoms with E-state index >= 15 is 0 Å². The van der Waals surface area contributed by atoms with Crippen LogP contribution in [-0.2, 0) is 6.42 Å². The van der Waals surface area contributed by atoms with E-state index in [1.807, 2.05) is 27.7 Å². The molecule has 0 radical (unpaired) electrons. The fraction of sp³-hybridized carbons (Fsp3) is 0.684. The molecule has 2 nitrogen and oxygen atoms in total. The second-order valence-corrected chi connectivity index (χ2v) is 6.21. The van der Waals surface area contributed by atoms with Crippen LogP contribution >= 0.6 is 9.39 Å². The number of hydrogen-bond donors (Lipinski definition) is 1. The van der Waals surface area contributed by atoms with E-state index in [4.69, 9.17) is 0 Å². The molecule has 0 aliphatic carbocycles. The van der Waals surface area contributed by atoms with E-state index in [1.165, 1.54) is 38.0 Å². The van der Waals surface area contributed by atoms with Crippen molar-refractivity contribution in [2.75, 3.05) is 19.6 Å². The summed E-state index contributed by atoms with van der Waals surface area (Å²) in [5.41, 5.74) is 1.43. The highest BCUT2D eigenvalue weighted by Crippen LogP contribution is 2.18. The number of piperidine rings is 1. The van der Waals surface area contributed by atoms with Crippen LogP contribution in [0.25, 0.3) is 0 Å². The minimum absolute atomic E-state index is 0.571. The van der Waals surface area contributed by atoms with Crippen molar-refractivity contribution in [3.8, 4) is 0 Å². The van der Waals surface area contributed by atoms with Crippen molar-refractivity contribution in [3.63, 3.8) is 0 Å². The maximum atomic E-state index is 3.69. The molecule has 1 aromatic rings. The average Bonchev–Trinajstić information content (AvgIpc) is 2.59. The Balaban J connectivity index is 0.00000102. The quantitative estimate of drug-likeness (QED) is 0.786. The third kappa shape index (κ3) is 9.56. The summed E-state index contributed by atoms with van der Waals surface area (Å²) in [5, 5.41) is 3.69. The molecule has 128 valence electrons. The van der Waals surface area contributed by atoms with Crippen molar-refractivity contribution in [2.24, 2.45) is 5.92 Å². The first-order valence-corrected chi connectivity index (χ1v) is 9.52. The predicted molar refractivity (Wildman–Crippen MR) is 104 cm³/mol. The van der Waals surface area contributed by atoms with Crippen LogP contribution in [0.15, 0.2) is 30.3 Å². The van der Waals surface area contributed by atoms with Crippen LogP contribution in [0.1, 0.15) is 53.0 Å². The van der Waals surface area contributed by atoms with Gasteiger partial charge in [0.1, 0.15) is 0 Å². The highest BCUT2D eigenvalue weighted by molar-refractivity contribution is 7.13. The van der Waals surface area contributed by atoms with Crippen LogP contribution in [0.5, 0.6) is 0 Å². The highest BCUT2D eigenvalue weighted by atomic mass is 31.0. The summed E-state index contributed by atoms with van der Waals surface area (Å²) in [4.78, 5) is 0. The van der Waals surface area contributed by atoms with Crippen molar-refractivity contribution >= 4 is 9.39 Å².